The van der Waals surface area contributed by atoms with Crippen molar-refractivity contribution in [2.45, 2.75) is 6.92 Å². The van der Waals surface area contributed by atoms with Crippen LogP contribution in [0.3, 0.4) is 0 Å². The Labute approximate surface area is 61.7 Å². The van der Waals surface area contributed by atoms with Crippen molar-refractivity contribution in [3.63, 3.8) is 0 Å². The van der Waals surface area contributed by atoms with Crippen molar-refractivity contribution in [3.05, 3.63) is 0 Å². The molecule has 0 aliphatic rings. The molecule has 0 aromatic carbocycles. The number of ether oxygens (including phenoxy) is 1. The van der Waals surface area contributed by atoms with Crippen LogP contribution >= 0.6 is 12.0 Å². The van der Waals surface area contributed by atoms with Crippen molar-refractivity contribution < 1.29 is 13.7 Å². The van der Waals surface area contributed by atoms with Gasteiger partial charge in [-0.25, -0.2) is 4.79 Å². The standard InChI is InChI=1S/C4H7O3SSi/c1-2-7-8-4(5)6-3-9/h2-3H2,1H3. The van der Waals surface area contributed by atoms with Crippen molar-refractivity contribution in [2.75, 3.05) is 12.8 Å². The number of hydrogen-bond acceptors (Lipinski definition) is 4. The van der Waals surface area contributed by atoms with Crippen LogP contribution in [0.4, 0.5) is 4.79 Å². The van der Waals surface area contributed by atoms with Crippen LogP contribution in [-0.2, 0) is 8.92 Å². The maximum Gasteiger partial charge on any atom is 0.394 e. The van der Waals surface area contributed by atoms with Crippen molar-refractivity contribution in [3.8, 4) is 0 Å². The number of carbonyl (C=O) groups excluding carboxylic acids is 1. The molecule has 0 aliphatic carbocycles. The van der Waals surface area contributed by atoms with Gasteiger partial charge in [0.05, 0.1) is 23.1 Å². The van der Waals surface area contributed by atoms with E-state index in [1.165, 1.54) is 0 Å². The van der Waals surface area contributed by atoms with Gasteiger partial charge in [-0.15, -0.1) is 0 Å². The Kier molecular flexibility index (Phi) is 6.12. The van der Waals surface area contributed by atoms with Gasteiger partial charge in [-0.05, 0) is 6.92 Å². The summed E-state index contributed by atoms with van der Waals surface area (Å²) in [6.45, 7) is 2.30. The molecule has 0 aliphatic heterocycles. The minimum atomic E-state index is -0.424. The predicted octanol–water partition coefficient (Wildman–Crippen LogP) is 0.934. The quantitative estimate of drug-likeness (QED) is 0.352. The zero-order chi connectivity index (χ0) is 7.11. The van der Waals surface area contributed by atoms with Crippen molar-refractivity contribution in [2.24, 2.45) is 0 Å². The Hall–Kier alpha value is -0.00312. The molecule has 0 saturated heterocycles. The first kappa shape index (κ1) is 9.00. The highest BCUT2D eigenvalue weighted by atomic mass is 32.2. The second-order valence-corrected chi connectivity index (χ2v) is 2.05. The fourth-order valence-electron chi connectivity index (χ4n) is 0.190. The average molecular weight is 163 g/mol. The van der Waals surface area contributed by atoms with Crippen molar-refractivity contribution >= 4 is 27.6 Å². The van der Waals surface area contributed by atoms with Gasteiger partial charge in [0.2, 0.25) is 0 Å². The molecule has 51 valence electrons. The Balaban J connectivity index is 3.06. The molecule has 0 amide bonds. The topological polar surface area (TPSA) is 35.5 Å². The van der Waals surface area contributed by atoms with E-state index in [1.807, 2.05) is 0 Å². The van der Waals surface area contributed by atoms with Gasteiger partial charge >= 0.3 is 5.30 Å². The minimum absolute atomic E-state index is 0.207. The summed E-state index contributed by atoms with van der Waals surface area (Å²) in [5, 5.41) is -0.424. The van der Waals surface area contributed by atoms with Crippen LogP contribution in [0.5, 0.6) is 0 Å². The Morgan fingerprint density at radius 3 is 2.89 bits per heavy atom. The fourth-order valence-corrected chi connectivity index (χ4v) is 0.747. The highest BCUT2D eigenvalue weighted by molar-refractivity contribution is 8.09. The number of hydrogen-bond donors (Lipinski definition) is 0. The van der Waals surface area contributed by atoms with Crippen LogP contribution in [0, 0.1) is 0 Å². The normalized spacial score (nSPS) is 9.11. The van der Waals surface area contributed by atoms with Crippen LogP contribution in [-0.4, -0.2) is 28.4 Å². The Bertz CT molecular complexity index is 87.9. The molecule has 0 rings (SSSR count). The molecule has 0 saturated carbocycles. The second kappa shape index (κ2) is 6.12. The van der Waals surface area contributed by atoms with Gasteiger partial charge in [0.15, 0.2) is 0 Å². The summed E-state index contributed by atoms with van der Waals surface area (Å²) in [5.41, 5.74) is 0. The lowest BCUT2D eigenvalue weighted by atomic mass is 10.9. The van der Waals surface area contributed by atoms with Crippen LogP contribution in [0.2, 0.25) is 0 Å². The lowest BCUT2D eigenvalue weighted by molar-refractivity contribution is 0.191. The van der Waals surface area contributed by atoms with E-state index in [2.05, 4.69) is 19.2 Å². The third kappa shape index (κ3) is 5.87. The lowest BCUT2D eigenvalue weighted by Crippen LogP contribution is -1.99. The van der Waals surface area contributed by atoms with E-state index >= 15 is 0 Å². The number of rotatable bonds is 3. The zero-order valence-electron chi connectivity index (χ0n) is 5.05. The van der Waals surface area contributed by atoms with E-state index in [1.54, 1.807) is 6.92 Å². The van der Waals surface area contributed by atoms with E-state index in [9.17, 15) is 4.79 Å². The first-order valence-electron chi connectivity index (χ1n) is 2.42. The molecule has 0 fully saturated rings. The molecule has 0 bridgehead atoms. The minimum Gasteiger partial charge on any atom is -0.461 e. The van der Waals surface area contributed by atoms with Gasteiger partial charge in [-0.3, -0.25) is 0 Å². The molecule has 9 heavy (non-hydrogen) atoms. The third-order valence-electron chi connectivity index (χ3n) is 0.435. The van der Waals surface area contributed by atoms with E-state index in [0.717, 1.165) is 0 Å². The summed E-state index contributed by atoms with van der Waals surface area (Å²) in [7, 11) is 2.97. The second-order valence-electron chi connectivity index (χ2n) is 1.03. The van der Waals surface area contributed by atoms with Gasteiger partial charge in [-0.2, -0.15) is 0 Å². The SMILES string of the molecule is CCOSC(=O)OC[Si]. The largest absolute Gasteiger partial charge is 0.461 e. The molecule has 0 aromatic heterocycles. The van der Waals surface area contributed by atoms with Crippen molar-refractivity contribution in [1.29, 1.82) is 0 Å². The van der Waals surface area contributed by atoms with Gasteiger partial charge in [0.1, 0.15) is 12.0 Å². The Morgan fingerprint density at radius 2 is 2.44 bits per heavy atom. The fraction of sp³-hybridized carbons (Fsp3) is 0.750. The van der Waals surface area contributed by atoms with E-state index in [-0.39, 0.29) is 6.23 Å². The number of carbonyl (C=O) groups is 1. The molecule has 0 aromatic rings. The third-order valence-corrected chi connectivity index (χ3v) is 1.19. The van der Waals surface area contributed by atoms with Crippen LogP contribution in [0.15, 0.2) is 0 Å². The predicted molar refractivity (Wildman–Crippen MR) is 36.3 cm³/mol. The summed E-state index contributed by atoms with van der Waals surface area (Å²) >= 11 is 0.709. The molecular formula is C4H7O3SSi. The monoisotopic (exact) mass is 163 g/mol. The molecule has 3 radical (unpaired) electrons. The highest BCUT2D eigenvalue weighted by Gasteiger charge is 2.00. The molecule has 0 spiro atoms. The van der Waals surface area contributed by atoms with Gasteiger partial charge in [-0.1, -0.05) is 0 Å². The van der Waals surface area contributed by atoms with E-state index in [4.69, 9.17) is 0 Å². The molecular weight excluding hydrogens is 156 g/mol. The summed E-state index contributed by atoms with van der Waals surface area (Å²) in [6.07, 6.45) is 0.207. The van der Waals surface area contributed by atoms with Crippen molar-refractivity contribution in [1.82, 2.24) is 0 Å². The van der Waals surface area contributed by atoms with E-state index < -0.39 is 5.30 Å². The smallest absolute Gasteiger partial charge is 0.394 e. The summed E-state index contributed by atoms with van der Waals surface area (Å²) < 4.78 is 9.12. The lowest BCUT2D eigenvalue weighted by Gasteiger charge is -1.97. The summed E-state index contributed by atoms with van der Waals surface area (Å²) in [6, 6.07) is 0. The molecule has 5 heteroatoms. The maximum absolute atomic E-state index is 10.4. The first-order chi connectivity index (χ1) is 4.31. The highest BCUT2D eigenvalue weighted by Crippen LogP contribution is 2.04. The molecule has 0 atom stereocenters. The van der Waals surface area contributed by atoms with Gasteiger partial charge < -0.3 is 8.92 Å². The molecule has 0 unspecified atom stereocenters. The van der Waals surface area contributed by atoms with Crippen LogP contribution in [0.25, 0.3) is 0 Å². The summed E-state index contributed by atoms with van der Waals surface area (Å²) in [4.78, 5) is 10.4. The average Bonchev–Trinajstić information content (AvgIpc) is 1.85. The molecule has 0 heterocycles. The summed E-state index contributed by atoms with van der Waals surface area (Å²) in [5.74, 6) is 0. The molecule has 3 nitrogen and oxygen atoms in total. The van der Waals surface area contributed by atoms with Gasteiger partial charge in [0, 0.05) is 0 Å². The maximum atomic E-state index is 10.4. The van der Waals surface area contributed by atoms with E-state index in [0.29, 0.717) is 18.6 Å². The van der Waals surface area contributed by atoms with Crippen LogP contribution in [0.1, 0.15) is 6.92 Å². The van der Waals surface area contributed by atoms with Crippen LogP contribution < -0.4 is 0 Å². The first-order valence-corrected chi connectivity index (χ1v) is 3.87. The molecule has 0 N–H and O–H groups in total. The zero-order valence-corrected chi connectivity index (χ0v) is 6.86. The Morgan fingerprint density at radius 1 is 1.78 bits per heavy atom. The van der Waals surface area contributed by atoms with Gasteiger partial charge in [0.25, 0.3) is 0 Å².